The Bertz CT molecular complexity index is 781. The zero-order chi connectivity index (χ0) is 14.8. The van der Waals surface area contributed by atoms with E-state index in [-0.39, 0.29) is 0 Å². The van der Waals surface area contributed by atoms with E-state index < -0.39 is 0 Å². The number of fused-ring (bicyclic) bond motifs is 1. The molecule has 0 radical (unpaired) electrons. The highest BCUT2D eigenvalue weighted by Gasteiger charge is 2.09. The molecule has 1 heterocycles. The maximum atomic E-state index is 5.52. The first-order valence-electron chi connectivity index (χ1n) is 7.02. The van der Waals surface area contributed by atoms with Gasteiger partial charge in [-0.3, -0.25) is 0 Å². The molecular formula is C17H18N4. The predicted octanol–water partition coefficient (Wildman–Crippen LogP) is 3.71. The van der Waals surface area contributed by atoms with Crippen molar-refractivity contribution in [1.82, 2.24) is 9.97 Å². The third-order valence-electron chi connectivity index (χ3n) is 3.49. The van der Waals surface area contributed by atoms with Crippen LogP contribution >= 0.6 is 0 Å². The number of benzene rings is 2. The molecule has 1 aromatic heterocycles. The number of nitrogen functional groups attached to an aromatic ring is 1. The lowest BCUT2D eigenvalue weighted by molar-refractivity contribution is 0.817. The molecule has 0 unspecified atom stereocenters. The normalized spacial score (nSPS) is 11.0. The standard InChI is InChI=1S/C17H18N4/c1-11(2)15-10-16(21-18)20-17(19-15)14-8-7-12-5-3-4-6-13(12)9-14/h3-11H,18H2,1-2H3,(H,19,20,21). The van der Waals surface area contributed by atoms with Crippen LogP contribution in [0.15, 0.2) is 48.5 Å². The van der Waals surface area contributed by atoms with Crippen molar-refractivity contribution in [1.29, 1.82) is 0 Å². The summed E-state index contributed by atoms with van der Waals surface area (Å²) in [6, 6.07) is 16.4. The molecule has 3 N–H and O–H groups in total. The Morgan fingerprint density at radius 2 is 1.71 bits per heavy atom. The average Bonchev–Trinajstić information content (AvgIpc) is 2.53. The largest absolute Gasteiger partial charge is 0.308 e. The number of hydrogen-bond acceptors (Lipinski definition) is 4. The Kier molecular flexibility index (Phi) is 3.54. The molecule has 0 amide bonds. The molecule has 3 rings (SSSR count). The van der Waals surface area contributed by atoms with E-state index in [1.165, 1.54) is 10.8 Å². The summed E-state index contributed by atoms with van der Waals surface area (Å²) in [5.74, 6) is 7.17. The summed E-state index contributed by atoms with van der Waals surface area (Å²) in [5.41, 5.74) is 4.58. The Morgan fingerprint density at radius 3 is 2.43 bits per heavy atom. The van der Waals surface area contributed by atoms with Gasteiger partial charge in [-0.1, -0.05) is 50.2 Å². The second kappa shape index (κ2) is 5.50. The zero-order valence-electron chi connectivity index (χ0n) is 12.2. The fourth-order valence-electron chi connectivity index (χ4n) is 2.29. The van der Waals surface area contributed by atoms with Crippen molar-refractivity contribution in [2.24, 2.45) is 5.84 Å². The van der Waals surface area contributed by atoms with E-state index in [0.717, 1.165) is 11.3 Å². The van der Waals surface area contributed by atoms with Gasteiger partial charge in [-0.05, 0) is 22.8 Å². The number of nitrogens with two attached hydrogens (primary N) is 1. The summed E-state index contributed by atoms with van der Waals surface area (Å²) in [6.07, 6.45) is 0. The van der Waals surface area contributed by atoms with Crippen LogP contribution in [0.25, 0.3) is 22.2 Å². The van der Waals surface area contributed by atoms with E-state index in [1.54, 1.807) is 0 Å². The first-order chi connectivity index (χ1) is 10.2. The Labute approximate surface area is 124 Å². The van der Waals surface area contributed by atoms with Crippen LogP contribution in [-0.4, -0.2) is 9.97 Å². The molecule has 4 heteroatoms. The molecule has 0 spiro atoms. The van der Waals surface area contributed by atoms with Crippen molar-refractivity contribution in [2.75, 3.05) is 5.43 Å². The van der Waals surface area contributed by atoms with Crippen LogP contribution in [0.5, 0.6) is 0 Å². The van der Waals surface area contributed by atoms with Gasteiger partial charge >= 0.3 is 0 Å². The molecule has 0 aliphatic carbocycles. The first-order valence-corrected chi connectivity index (χ1v) is 7.02. The van der Waals surface area contributed by atoms with Crippen molar-refractivity contribution in [3.8, 4) is 11.4 Å². The summed E-state index contributed by atoms with van der Waals surface area (Å²) < 4.78 is 0. The van der Waals surface area contributed by atoms with Crippen LogP contribution in [0.4, 0.5) is 5.82 Å². The molecule has 4 nitrogen and oxygen atoms in total. The highest BCUT2D eigenvalue weighted by molar-refractivity contribution is 5.86. The van der Waals surface area contributed by atoms with E-state index >= 15 is 0 Å². The van der Waals surface area contributed by atoms with E-state index in [1.807, 2.05) is 24.3 Å². The minimum Gasteiger partial charge on any atom is -0.308 e. The fourth-order valence-corrected chi connectivity index (χ4v) is 2.29. The van der Waals surface area contributed by atoms with E-state index in [0.29, 0.717) is 17.6 Å². The number of anilines is 1. The predicted molar refractivity (Wildman–Crippen MR) is 86.9 cm³/mol. The zero-order valence-corrected chi connectivity index (χ0v) is 12.2. The summed E-state index contributed by atoms with van der Waals surface area (Å²) in [7, 11) is 0. The third kappa shape index (κ3) is 2.71. The summed E-state index contributed by atoms with van der Waals surface area (Å²) in [4.78, 5) is 9.12. The van der Waals surface area contributed by atoms with Gasteiger partial charge in [0.15, 0.2) is 5.82 Å². The molecule has 0 bridgehead atoms. The second-order valence-electron chi connectivity index (χ2n) is 5.36. The van der Waals surface area contributed by atoms with E-state index in [4.69, 9.17) is 5.84 Å². The lowest BCUT2D eigenvalue weighted by atomic mass is 10.1. The Morgan fingerprint density at radius 1 is 0.952 bits per heavy atom. The van der Waals surface area contributed by atoms with Crippen LogP contribution in [0, 0.1) is 0 Å². The number of nitrogens with zero attached hydrogens (tertiary/aromatic N) is 2. The molecule has 106 valence electrons. The van der Waals surface area contributed by atoms with Crippen molar-refractivity contribution < 1.29 is 0 Å². The van der Waals surface area contributed by atoms with Crippen LogP contribution < -0.4 is 11.3 Å². The van der Waals surface area contributed by atoms with Gasteiger partial charge in [0, 0.05) is 17.3 Å². The molecule has 0 saturated carbocycles. The van der Waals surface area contributed by atoms with Gasteiger partial charge in [0.2, 0.25) is 0 Å². The monoisotopic (exact) mass is 278 g/mol. The maximum absolute atomic E-state index is 5.52. The van der Waals surface area contributed by atoms with E-state index in [2.05, 4.69) is 53.5 Å². The highest BCUT2D eigenvalue weighted by atomic mass is 15.3. The topological polar surface area (TPSA) is 63.8 Å². The highest BCUT2D eigenvalue weighted by Crippen LogP contribution is 2.25. The molecule has 0 atom stereocenters. The van der Waals surface area contributed by atoms with Crippen LogP contribution in [-0.2, 0) is 0 Å². The SMILES string of the molecule is CC(C)c1cc(NN)nc(-c2ccc3ccccc3c2)n1. The van der Waals surface area contributed by atoms with E-state index in [9.17, 15) is 0 Å². The van der Waals surface area contributed by atoms with Crippen molar-refractivity contribution in [2.45, 2.75) is 19.8 Å². The number of hydrogen-bond donors (Lipinski definition) is 2. The van der Waals surface area contributed by atoms with Crippen molar-refractivity contribution in [3.05, 3.63) is 54.2 Å². The lowest BCUT2D eigenvalue weighted by Gasteiger charge is -2.10. The van der Waals surface area contributed by atoms with Crippen LogP contribution in [0.3, 0.4) is 0 Å². The van der Waals surface area contributed by atoms with Gasteiger partial charge in [0.25, 0.3) is 0 Å². The Balaban J connectivity index is 2.14. The number of rotatable bonds is 3. The minimum atomic E-state index is 0.319. The number of aromatic nitrogens is 2. The van der Waals surface area contributed by atoms with Gasteiger partial charge in [-0.15, -0.1) is 0 Å². The lowest BCUT2D eigenvalue weighted by Crippen LogP contribution is -2.11. The second-order valence-corrected chi connectivity index (χ2v) is 5.36. The first kappa shape index (κ1) is 13.5. The van der Waals surface area contributed by atoms with Crippen LogP contribution in [0.1, 0.15) is 25.5 Å². The Hall–Kier alpha value is -2.46. The average molecular weight is 278 g/mol. The number of nitrogens with one attached hydrogen (secondary N) is 1. The molecule has 0 saturated heterocycles. The van der Waals surface area contributed by atoms with Gasteiger partial charge in [0.1, 0.15) is 5.82 Å². The molecule has 21 heavy (non-hydrogen) atoms. The summed E-state index contributed by atoms with van der Waals surface area (Å²) in [5, 5.41) is 2.38. The smallest absolute Gasteiger partial charge is 0.161 e. The quantitative estimate of drug-likeness (QED) is 0.566. The van der Waals surface area contributed by atoms with Gasteiger partial charge in [-0.2, -0.15) is 0 Å². The van der Waals surface area contributed by atoms with Gasteiger partial charge < -0.3 is 5.43 Å². The van der Waals surface area contributed by atoms with Gasteiger partial charge in [-0.25, -0.2) is 15.8 Å². The molecular weight excluding hydrogens is 260 g/mol. The minimum absolute atomic E-state index is 0.319. The molecule has 2 aromatic carbocycles. The number of hydrazine groups is 1. The summed E-state index contributed by atoms with van der Waals surface area (Å²) in [6.45, 7) is 4.21. The van der Waals surface area contributed by atoms with Crippen molar-refractivity contribution in [3.63, 3.8) is 0 Å². The van der Waals surface area contributed by atoms with Crippen LogP contribution in [0.2, 0.25) is 0 Å². The summed E-state index contributed by atoms with van der Waals surface area (Å²) >= 11 is 0. The maximum Gasteiger partial charge on any atom is 0.161 e. The van der Waals surface area contributed by atoms with Gasteiger partial charge in [0.05, 0.1) is 0 Å². The van der Waals surface area contributed by atoms with Crippen molar-refractivity contribution >= 4 is 16.6 Å². The third-order valence-corrected chi connectivity index (χ3v) is 3.49. The molecule has 0 aliphatic heterocycles. The molecule has 0 aliphatic rings. The molecule has 0 fully saturated rings. The molecule has 3 aromatic rings. The fraction of sp³-hybridized carbons (Fsp3) is 0.176.